The molecule has 0 amide bonds. The third-order valence-corrected chi connectivity index (χ3v) is 4.58. The quantitative estimate of drug-likeness (QED) is 0.495. The van der Waals surface area contributed by atoms with Gasteiger partial charge in [-0.3, -0.25) is 0 Å². The number of fused-ring (bicyclic) bond motifs is 1. The Hall–Kier alpha value is -2.09. The van der Waals surface area contributed by atoms with Crippen molar-refractivity contribution in [1.29, 1.82) is 0 Å². The molecule has 0 saturated carbocycles. The van der Waals surface area contributed by atoms with Crippen LogP contribution in [0, 0.1) is 5.82 Å². The van der Waals surface area contributed by atoms with E-state index in [1.807, 2.05) is 0 Å². The first-order chi connectivity index (χ1) is 11.1. The van der Waals surface area contributed by atoms with Crippen molar-refractivity contribution >= 4 is 39.5 Å². The second-order valence-electron chi connectivity index (χ2n) is 4.58. The number of pyridine rings is 1. The van der Waals surface area contributed by atoms with Crippen molar-refractivity contribution in [2.45, 2.75) is 0 Å². The SMILES string of the molecule is Fc1ccccc1-c1nnc2sc(-c3ccc(Cl)nc3Cl)nn12. The second kappa shape index (κ2) is 5.52. The summed E-state index contributed by atoms with van der Waals surface area (Å²) >= 11 is 13.2. The van der Waals surface area contributed by atoms with E-state index in [0.29, 0.717) is 32.1 Å². The second-order valence-corrected chi connectivity index (χ2v) is 6.28. The first-order valence-corrected chi connectivity index (χ1v) is 8.00. The standard InChI is InChI=1S/C14H6Cl2FN5S/c15-10-6-5-8(11(16)18-10)13-21-22-12(19-20-14(22)23-13)7-3-1-2-4-9(7)17/h1-6H. The first kappa shape index (κ1) is 14.5. The lowest BCUT2D eigenvalue weighted by molar-refractivity contribution is 0.629. The molecular formula is C14H6Cl2FN5S. The van der Waals surface area contributed by atoms with E-state index >= 15 is 0 Å². The van der Waals surface area contributed by atoms with Crippen LogP contribution in [0.15, 0.2) is 36.4 Å². The summed E-state index contributed by atoms with van der Waals surface area (Å²) in [5, 5.41) is 13.6. The molecule has 0 unspecified atom stereocenters. The van der Waals surface area contributed by atoms with Gasteiger partial charge in [-0.15, -0.1) is 10.2 Å². The van der Waals surface area contributed by atoms with Crippen LogP contribution in [0.3, 0.4) is 0 Å². The van der Waals surface area contributed by atoms with E-state index in [1.165, 1.54) is 21.9 Å². The number of halogens is 3. The van der Waals surface area contributed by atoms with Gasteiger partial charge in [0.15, 0.2) is 10.8 Å². The molecule has 0 saturated heterocycles. The van der Waals surface area contributed by atoms with Crippen LogP contribution in [-0.4, -0.2) is 24.8 Å². The van der Waals surface area contributed by atoms with Gasteiger partial charge in [0.25, 0.3) is 0 Å². The summed E-state index contributed by atoms with van der Waals surface area (Å²) in [4.78, 5) is 4.52. The topological polar surface area (TPSA) is 56.0 Å². The minimum Gasteiger partial charge on any atom is -0.224 e. The van der Waals surface area contributed by atoms with E-state index in [1.54, 1.807) is 30.3 Å². The minimum atomic E-state index is -0.387. The fourth-order valence-electron chi connectivity index (χ4n) is 2.11. The molecular weight excluding hydrogens is 360 g/mol. The van der Waals surface area contributed by atoms with Gasteiger partial charge < -0.3 is 0 Å². The molecule has 4 rings (SSSR count). The highest BCUT2D eigenvalue weighted by Crippen LogP contribution is 2.32. The van der Waals surface area contributed by atoms with Gasteiger partial charge in [-0.1, -0.05) is 46.7 Å². The zero-order valence-corrected chi connectivity index (χ0v) is 13.6. The summed E-state index contributed by atoms with van der Waals surface area (Å²) in [6, 6.07) is 9.69. The van der Waals surface area contributed by atoms with E-state index in [0.717, 1.165) is 0 Å². The third kappa shape index (κ3) is 2.46. The molecule has 0 radical (unpaired) electrons. The molecule has 9 heteroatoms. The Morgan fingerprint density at radius 1 is 1.00 bits per heavy atom. The van der Waals surface area contributed by atoms with Crippen LogP contribution >= 0.6 is 34.5 Å². The summed E-state index contributed by atoms with van der Waals surface area (Å²) in [5.74, 6) is -0.0545. The van der Waals surface area contributed by atoms with Gasteiger partial charge in [-0.05, 0) is 24.3 Å². The Bertz CT molecular complexity index is 1030. The van der Waals surface area contributed by atoms with Crippen LogP contribution < -0.4 is 0 Å². The average molecular weight is 366 g/mol. The summed E-state index contributed by atoms with van der Waals surface area (Å²) in [6.45, 7) is 0. The average Bonchev–Trinajstić information content (AvgIpc) is 3.08. The molecule has 0 spiro atoms. The molecule has 4 aromatic rings. The zero-order chi connectivity index (χ0) is 16.0. The van der Waals surface area contributed by atoms with E-state index in [-0.39, 0.29) is 11.0 Å². The van der Waals surface area contributed by atoms with E-state index in [4.69, 9.17) is 23.2 Å². The minimum absolute atomic E-state index is 0.245. The van der Waals surface area contributed by atoms with Crippen LogP contribution in [0.5, 0.6) is 0 Å². The fourth-order valence-corrected chi connectivity index (χ4v) is 3.46. The van der Waals surface area contributed by atoms with E-state index in [2.05, 4.69) is 20.3 Å². The zero-order valence-electron chi connectivity index (χ0n) is 11.2. The summed E-state index contributed by atoms with van der Waals surface area (Å²) in [5.41, 5.74) is 0.961. The van der Waals surface area contributed by atoms with Crippen molar-refractivity contribution in [3.63, 3.8) is 0 Å². The molecule has 114 valence electrons. The molecule has 0 N–H and O–H groups in total. The Labute approximate surface area is 143 Å². The molecule has 0 atom stereocenters. The van der Waals surface area contributed by atoms with Crippen molar-refractivity contribution in [2.24, 2.45) is 0 Å². The van der Waals surface area contributed by atoms with Crippen molar-refractivity contribution in [3.8, 4) is 22.0 Å². The van der Waals surface area contributed by atoms with Gasteiger partial charge in [-0.25, -0.2) is 9.37 Å². The molecule has 0 fully saturated rings. The summed E-state index contributed by atoms with van der Waals surface area (Å²) < 4.78 is 15.5. The monoisotopic (exact) mass is 365 g/mol. The fraction of sp³-hybridized carbons (Fsp3) is 0. The van der Waals surface area contributed by atoms with Crippen LogP contribution in [0.1, 0.15) is 0 Å². The Balaban J connectivity index is 1.88. The van der Waals surface area contributed by atoms with Gasteiger partial charge in [0.1, 0.15) is 16.1 Å². The van der Waals surface area contributed by atoms with Crippen LogP contribution in [-0.2, 0) is 0 Å². The number of rotatable bonds is 2. The molecule has 5 nitrogen and oxygen atoms in total. The Kier molecular flexibility index (Phi) is 3.48. The van der Waals surface area contributed by atoms with Crippen molar-refractivity contribution < 1.29 is 4.39 Å². The Morgan fingerprint density at radius 2 is 1.83 bits per heavy atom. The van der Waals surface area contributed by atoms with E-state index in [9.17, 15) is 4.39 Å². The van der Waals surface area contributed by atoms with Crippen molar-refractivity contribution in [3.05, 3.63) is 52.5 Å². The van der Waals surface area contributed by atoms with Crippen LogP contribution in [0.2, 0.25) is 10.3 Å². The lowest BCUT2D eigenvalue weighted by atomic mass is 10.2. The third-order valence-electron chi connectivity index (χ3n) is 3.15. The summed E-state index contributed by atoms with van der Waals surface area (Å²) in [6.07, 6.45) is 0. The van der Waals surface area contributed by atoms with Gasteiger partial charge in [0.2, 0.25) is 4.96 Å². The maximum absolute atomic E-state index is 14.0. The highest BCUT2D eigenvalue weighted by Gasteiger charge is 2.18. The lowest BCUT2D eigenvalue weighted by Crippen LogP contribution is -1.93. The lowest BCUT2D eigenvalue weighted by Gasteiger charge is -2.00. The predicted octanol–water partition coefficient (Wildman–Crippen LogP) is 4.36. The largest absolute Gasteiger partial charge is 0.235 e. The van der Waals surface area contributed by atoms with Crippen LogP contribution in [0.25, 0.3) is 26.9 Å². The number of hydrogen-bond acceptors (Lipinski definition) is 5. The normalized spacial score (nSPS) is 11.3. The molecule has 23 heavy (non-hydrogen) atoms. The highest BCUT2D eigenvalue weighted by molar-refractivity contribution is 7.19. The molecule has 0 aliphatic heterocycles. The number of aromatic nitrogens is 5. The molecule has 3 aromatic heterocycles. The van der Waals surface area contributed by atoms with Gasteiger partial charge >= 0.3 is 0 Å². The Morgan fingerprint density at radius 3 is 2.61 bits per heavy atom. The molecule has 3 heterocycles. The van der Waals surface area contributed by atoms with Crippen LogP contribution in [0.4, 0.5) is 4.39 Å². The number of nitrogens with zero attached hydrogens (tertiary/aromatic N) is 5. The van der Waals surface area contributed by atoms with Gasteiger partial charge in [0, 0.05) is 5.56 Å². The van der Waals surface area contributed by atoms with Crippen molar-refractivity contribution in [1.82, 2.24) is 24.8 Å². The smallest absolute Gasteiger partial charge is 0.224 e. The highest BCUT2D eigenvalue weighted by atomic mass is 35.5. The first-order valence-electron chi connectivity index (χ1n) is 6.43. The van der Waals surface area contributed by atoms with E-state index < -0.39 is 0 Å². The van der Waals surface area contributed by atoms with Crippen molar-refractivity contribution in [2.75, 3.05) is 0 Å². The van der Waals surface area contributed by atoms with Gasteiger partial charge in [-0.2, -0.15) is 9.61 Å². The predicted molar refractivity (Wildman–Crippen MR) is 87.3 cm³/mol. The molecule has 0 aliphatic carbocycles. The number of benzene rings is 1. The van der Waals surface area contributed by atoms with Gasteiger partial charge in [0.05, 0.1) is 5.56 Å². The molecule has 0 bridgehead atoms. The maximum atomic E-state index is 14.0. The molecule has 0 aliphatic rings. The molecule has 1 aromatic carbocycles. The maximum Gasteiger partial charge on any atom is 0.235 e. The summed E-state index contributed by atoms with van der Waals surface area (Å²) in [7, 11) is 0. The number of hydrogen-bond donors (Lipinski definition) is 0.